The number of nitrogens with zero attached hydrogens (tertiary/aromatic N) is 3. The molecule has 0 N–H and O–H groups in total. The first-order valence-corrected chi connectivity index (χ1v) is 10.6. The number of aromatic nitrogens is 1. The van der Waals surface area contributed by atoms with E-state index in [1.807, 2.05) is 31.2 Å². The molecule has 1 aromatic heterocycles. The molecule has 0 aliphatic heterocycles. The van der Waals surface area contributed by atoms with E-state index in [9.17, 15) is 4.79 Å². The summed E-state index contributed by atoms with van der Waals surface area (Å²) in [6, 6.07) is 19.2. The molecule has 1 aliphatic carbocycles. The topological polar surface area (TPSA) is 36.4 Å². The third kappa shape index (κ3) is 4.49. The highest BCUT2D eigenvalue weighted by Gasteiger charge is 2.29. The van der Waals surface area contributed by atoms with Crippen molar-refractivity contribution in [2.45, 2.75) is 45.8 Å². The maximum atomic E-state index is 12.3. The van der Waals surface area contributed by atoms with Crippen LogP contribution in [0.4, 0.5) is 10.8 Å². The molecule has 3 aromatic rings. The predicted octanol–water partition coefficient (Wildman–Crippen LogP) is 5.30. The smallest absolute Gasteiger partial charge is 0.230 e. The predicted molar refractivity (Wildman–Crippen MR) is 115 cm³/mol. The van der Waals surface area contributed by atoms with Crippen molar-refractivity contribution < 1.29 is 4.79 Å². The molecule has 0 radical (unpaired) electrons. The van der Waals surface area contributed by atoms with Crippen molar-refractivity contribution in [3.63, 3.8) is 0 Å². The van der Waals surface area contributed by atoms with Crippen LogP contribution in [0.5, 0.6) is 0 Å². The van der Waals surface area contributed by atoms with Gasteiger partial charge in [-0.15, -0.1) is 11.3 Å². The summed E-state index contributed by atoms with van der Waals surface area (Å²) in [6.07, 6.45) is 2.51. The fourth-order valence-electron chi connectivity index (χ4n) is 3.37. The third-order valence-electron chi connectivity index (χ3n) is 4.99. The van der Waals surface area contributed by atoms with E-state index in [-0.39, 0.29) is 5.91 Å². The fraction of sp³-hybridized carbons (Fsp3) is 0.304. The Kier molecular flexibility index (Phi) is 5.55. The van der Waals surface area contributed by atoms with E-state index in [1.165, 1.54) is 35.3 Å². The standard InChI is InChI=1S/C23H25N3OS/c1-17-8-10-22(11-9-17)26(18(2)27)23-24-20(16-28-23)15-25(21-12-13-21)14-19-6-4-3-5-7-19/h3-11,16,21H,12-15H2,1-2H3. The summed E-state index contributed by atoms with van der Waals surface area (Å²) in [5.41, 5.74) is 4.39. The lowest BCUT2D eigenvalue weighted by molar-refractivity contribution is -0.115. The minimum Gasteiger partial charge on any atom is -0.290 e. The van der Waals surface area contributed by atoms with E-state index >= 15 is 0 Å². The molecular weight excluding hydrogens is 366 g/mol. The first-order chi connectivity index (χ1) is 13.6. The van der Waals surface area contributed by atoms with E-state index in [2.05, 4.69) is 40.6 Å². The maximum Gasteiger partial charge on any atom is 0.230 e. The van der Waals surface area contributed by atoms with Gasteiger partial charge in [-0.25, -0.2) is 4.98 Å². The molecule has 1 heterocycles. The molecule has 0 unspecified atom stereocenters. The first-order valence-electron chi connectivity index (χ1n) is 9.70. The first kappa shape index (κ1) is 18.8. The monoisotopic (exact) mass is 391 g/mol. The summed E-state index contributed by atoms with van der Waals surface area (Å²) in [6.45, 7) is 5.39. The Morgan fingerprint density at radius 2 is 1.79 bits per heavy atom. The number of hydrogen-bond donors (Lipinski definition) is 0. The Morgan fingerprint density at radius 3 is 2.43 bits per heavy atom. The zero-order chi connectivity index (χ0) is 19.5. The minimum absolute atomic E-state index is 0.0203. The Bertz CT molecular complexity index is 932. The van der Waals surface area contributed by atoms with Gasteiger partial charge in [0.2, 0.25) is 5.91 Å². The average Bonchev–Trinajstić information content (AvgIpc) is 3.44. The SMILES string of the molecule is CC(=O)N(c1ccc(C)cc1)c1nc(CN(Cc2ccccc2)C2CC2)cs1. The van der Waals surface area contributed by atoms with Crippen molar-refractivity contribution in [1.29, 1.82) is 0 Å². The largest absolute Gasteiger partial charge is 0.290 e. The maximum absolute atomic E-state index is 12.3. The lowest BCUT2D eigenvalue weighted by atomic mass is 10.2. The Labute approximate surface area is 170 Å². The molecule has 5 heteroatoms. The van der Waals surface area contributed by atoms with Crippen LogP contribution in [0.3, 0.4) is 0 Å². The summed E-state index contributed by atoms with van der Waals surface area (Å²) >= 11 is 1.53. The van der Waals surface area contributed by atoms with E-state index in [4.69, 9.17) is 4.98 Å². The molecule has 28 heavy (non-hydrogen) atoms. The van der Waals surface area contributed by atoms with Crippen molar-refractivity contribution in [2.75, 3.05) is 4.90 Å². The molecular formula is C23H25N3OS. The molecule has 2 aromatic carbocycles. The van der Waals surface area contributed by atoms with Gasteiger partial charge < -0.3 is 0 Å². The zero-order valence-electron chi connectivity index (χ0n) is 16.3. The van der Waals surface area contributed by atoms with Crippen LogP contribution in [-0.2, 0) is 17.9 Å². The second-order valence-corrected chi connectivity index (χ2v) is 8.27. The average molecular weight is 392 g/mol. The highest BCUT2D eigenvalue weighted by molar-refractivity contribution is 7.14. The summed E-state index contributed by atoms with van der Waals surface area (Å²) in [5, 5.41) is 2.82. The van der Waals surface area contributed by atoms with Gasteiger partial charge in [0.15, 0.2) is 5.13 Å². The highest BCUT2D eigenvalue weighted by Crippen LogP contribution is 2.32. The quantitative estimate of drug-likeness (QED) is 0.548. The number of rotatable bonds is 7. The van der Waals surface area contributed by atoms with Crippen LogP contribution in [-0.4, -0.2) is 21.8 Å². The van der Waals surface area contributed by atoms with Gasteiger partial charge in [-0.05, 0) is 37.5 Å². The summed E-state index contributed by atoms with van der Waals surface area (Å²) in [4.78, 5) is 21.3. The number of amides is 1. The zero-order valence-corrected chi connectivity index (χ0v) is 17.2. The lowest BCUT2D eigenvalue weighted by Gasteiger charge is -2.21. The van der Waals surface area contributed by atoms with Gasteiger partial charge in [0, 0.05) is 31.4 Å². The number of benzene rings is 2. The van der Waals surface area contributed by atoms with Crippen molar-refractivity contribution in [2.24, 2.45) is 0 Å². The van der Waals surface area contributed by atoms with Crippen LogP contribution in [0.2, 0.25) is 0 Å². The molecule has 0 spiro atoms. The summed E-state index contributed by atoms with van der Waals surface area (Å²) < 4.78 is 0. The Balaban J connectivity index is 1.52. The van der Waals surface area contributed by atoms with E-state index in [0.717, 1.165) is 29.6 Å². The molecule has 0 bridgehead atoms. The van der Waals surface area contributed by atoms with Gasteiger partial charge in [0.05, 0.1) is 11.4 Å². The van der Waals surface area contributed by atoms with Crippen LogP contribution in [0.25, 0.3) is 0 Å². The molecule has 144 valence electrons. The highest BCUT2D eigenvalue weighted by atomic mass is 32.1. The summed E-state index contributed by atoms with van der Waals surface area (Å²) in [7, 11) is 0. The van der Waals surface area contributed by atoms with E-state index in [1.54, 1.807) is 11.8 Å². The van der Waals surface area contributed by atoms with Crippen molar-refractivity contribution in [3.8, 4) is 0 Å². The lowest BCUT2D eigenvalue weighted by Crippen LogP contribution is -2.25. The van der Waals surface area contributed by atoms with Crippen LogP contribution >= 0.6 is 11.3 Å². The van der Waals surface area contributed by atoms with E-state index in [0.29, 0.717) is 6.04 Å². The number of anilines is 2. The fourth-order valence-corrected chi connectivity index (χ4v) is 4.25. The van der Waals surface area contributed by atoms with Gasteiger partial charge in [-0.1, -0.05) is 48.0 Å². The molecule has 1 amide bonds. The van der Waals surface area contributed by atoms with Crippen LogP contribution in [0, 0.1) is 6.92 Å². The van der Waals surface area contributed by atoms with Crippen molar-refractivity contribution in [3.05, 3.63) is 76.8 Å². The molecule has 1 saturated carbocycles. The molecule has 0 saturated heterocycles. The van der Waals surface area contributed by atoms with Gasteiger partial charge in [-0.3, -0.25) is 14.6 Å². The van der Waals surface area contributed by atoms with Crippen molar-refractivity contribution in [1.82, 2.24) is 9.88 Å². The van der Waals surface area contributed by atoms with Gasteiger partial charge in [-0.2, -0.15) is 0 Å². The number of hydrogen-bond acceptors (Lipinski definition) is 4. The van der Waals surface area contributed by atoms with Crippen LogP contribution < -0.4 is 4.90 Å². The van der Waals surface area contributed by atoms with Gasteiger partial charge in [0.1, 0.15) is 0 Å². The van der Waals surface area contributed by atoms with E-state index < -0.39 is 0 Å². The Morgan fingerprint density at radius 1 is 1.07 bits per heavy atom. The van der Waals surface area contributed by atoms with Crippen molar-refractivity contribution >= 4 is 28.1 Å². The second kappa shape index (κ2) is 8.25. The number of aryl methyl sites for hydroxylation is 1. The Hall–Kier alpha value is -2.50. The van der Waals surface area contributed by atoms with Gasteiger partial charge >= 0.3 is 0 Å². The molecule has 4 nitrogen and oxygen atoms in total. The van der Waals surface area contributed by atoms with Crippen LogP contribution in [0.15, 0.2) is 60.0 Å². The second-order valence-electron chi connectivity index (χ2n) is 7.43. The summed E-state index contributed by atoms with van der Waals surface area (Å²) in [5.74, 6) is -0.0203. The molecule has 1 aliphatic rings. The normalized spacial score (nSPS) is 13.7. The molecule has 1 fully saturated rings. The minimum atomic E-state index is -0.0203. The number of thiazole rings is 1. The number of carbonyl (C=O) groups excluding carboxylic acids is 1. The van der Waals surface area contributed by atoms with Gasteiger partial charge in [0.25, 0.3) is 0 Å². The molecule has 0 atom stereocenters. The molecule has 4 rings (SSSR count). The van der Waals surface area contributed by atoms with Crippen LogP contribution in [0.1, 0.15) is 36.6 Å². The third-order valence-corrected chi connectivity index (χ3v) is 5.87. The number of carbonyl (C=O) groups is 1.